The average Bonchev–Trinajstić information content (AvgIpc) is 3.06. The molecule has 1 amide bonds. The molecule has 1 aliphatic heterocycles. The van der Waals surface area contributed by atoms with Crippen LogP contribution in [0.15, 0.2) is 24.3 Å². The average molecular weight is 718 g/mol. The maximum absolute atomic E-state index is 13.7. The Bertz CT molecular complexity index is 1170. The number of unbranched alkanes of at least 4 members (excludes halogenated alkanes) is 4. The minimum atomic E-state index is -2.79. The minimum absolute atomic E-state index is 0.0587. The zero-order chi connectivity index (χ0) is 32.0. The van der Waals surface area contributed by atoms with E-state index in [1.165, 1.54) is 66.5 Å². The van der Waals surface area contributed by atoms with Crippen LogP contribution in [0.1, 0.15) is 93.6 Å². The van der Waals surface area contributed by atoms with E-state index < -0.39 is 18.4 Å². The van der Waals surface area contributed by atoms with Crippen LogP contribution in [0.3, 0.4) is 0 Å². The summed E-state index contributed by atoms with van der Waals surface area (Å²) in [7, 11) is 6.70. The number of methoxy groups -OCH3 is 4. The second-order valence-electron chi connectivity index (χ2n) is 12.3. The van der Waals surface area contributed by atoms with Crippen LogP contribution in [0, 0.1) is 0 Å². The Labute approximate surface area is 271 Å². The number of nitrogens with zero attached hydrogens (tertiary/aromatic N) is 1. The Morgan fingerprint density at radius 1 is 0.750 bits per heavy atom. The number of benzene rings is 2. The molecule has 0 fully saturated rings. The van der Waals surface area contributed by atoms with Crippen molar-refractivity contribution in [1.82, 2.24) is 10.2 Å². The van der Waals surface area contributed by atoms with Crippen LogP contribution in [0.4, 0.5) is 0 Å². The molecule has 1 N–H and O–H groups in total. The summed E-state index contributed by atoms with van der Waals surface area (Å²) >= 11 is -2.79. The van der Waals surface area contributed by atoms with Crippen LogP contribution in [-0.2, 0) is 13.0 Å². The number of carbonyl (C=O) groups excluding carboxylic acids is 1. The van der Waals surface area contributed by atoms with Gasteiger partial charge in [0, 0.05) is 0 Å². The van der Waals surface area contributed by atoms with Gasteiger partial charge < -0.3 is 9.47 Å². The normalized spacial score (nSPS) is 13.3. The van der Waals surface area contributed by atoms with Crippen LogP contribution in [0.25, 0.3) is 0 Å². The van der Waals surface area contributed by atoms with Crippen molar-refractivity contribution in [2.24, 2.45) is 0 Å². The molecule has 0 spiro atoms. The van der Waals surface area contributed by atoms with Gasteiger partial charge in [0.1, 0.15) is 0 Å². The Balaban J connectivity index is 1.68. The SMILES string of the molecule is CCC[CH2][Sn]([CH2]CCC)([CH2]CCC)[c]1cc(OC)c(OC)c(C(=O)NCCCCN2CCc3cc(OC)c(OC)cc3C2)c1. The van der Waals surface area contributed by atoms with Gasteiger partial charge in [0.25, 0.3) is 0 Å². The Morgan fingerprint density at radius 3 is 1.89 bits per heavy atom. The summed E-state index contributed by atoms with van der Waals surface area (Å²) in [6.07, 6.45) is 10.4. The van der Waals surface area contributed by atoms with E-state index in [0.717, 1.165) is 50.4 Å². The van der Waals surface area contributed by atoms with Crippen LogP contribution in [0.2, 0.25) is 13.3 Å². The second kappa shape index (κ2) is 18.7. The number of amides is 1. The first-order valence-electron chi connectivity index (χ1n) is 16.9. The summed E-state index contributed by atoms with van der Waals surface area (Å²) in [5, 5.41) is 3.21. The van der Waals surface area contributed by atoms with E-state index in [1.54, 1.807) is 28.4 Å². The third-order valence-corrected chi connectivity index (χ3v) is 24.9. The number of fused-ring (bicyclic) bond motifs is 1. The van der Waals surface area contributed by atoms with Crippen LogP contribution in [-0.4, -0.2) is 77.3 Å². The second-order valence-corrected chi connectivity index (χ2v) is 25.6. The first kappa shape index (κ1) is 36.3. The summed E-state index contributed by atoms with van der Waals surface area (Å²) in [4.78, 5) is 16.2. The van der Waals surface area contributed by atoms with E-state index in [-0.39, 0.29) is 5.91 Å². The molecule has 0 atom stereocenters. The molecular formula is C36H58N2O5Sn. The molecule has 2 aromatic rings. The first-order valence-corrected chi connectivity index (χ1v) is 24.4. The van der Waals surface area contributed by atoms with E-state index in [1.807, 2.05) is 0 Å². The van der Waals surface area contributed by atoms with Crippen LogP contribution >= 0.6 is 0 Å². The molecule has 0 saturated heterocycles. The summed E-state index contributed by atoms with van der Waals surface area (Å²) in [6.45, 7) is 10.5. The van der Waals surface area contributed by atoms with E-state index in [9.17, 15) is 4.79 Å². The number of hydrogen-bond donors (Lipinski definition) is 1. The fourth-order valence-electron chi connectivity index (χ4n) is 6.68. The van der Waals surface area contributed by atoms with Gasteiger partial charge in [-0.3, -0.25) is 0 Å². The third kappa shape index (κ3) is 9.44. The molecule has 44 heavy (non-hydrogen) atoms. The number of carbonyl (C=O) groups is 1. The summed E-state index contributed by atoms with van der Waals surface area (Å²) in [5.41, 5.74) is 3.27. The number of rotatable bonds is 20. The predicted octanol–water partition coefficient (Wildman–Crippen LogP) is 7.35. The van der Waals surface area contributed by atoms with Gasteiger partial charge in [-0.05, 0) is 17.7 Å². The zero-order valence-corrected chi connectivity index (χ0v) is 31.5. The van der Waals surface area contributed by atoms with Crippen molar-refractivity contribution < 1.29 is 23.7 Å². The molecule has 0 unspecified atom stereocenters. The topological polar surface area (TPSA) is 69.3 Å². The molecule has 0 aliphatic carbocycles. The standard InChI is InChI=1S/C24H31N2O5.3C4H9.Sn/c1-28-20-9-7-8-19(23(20)31-4)24(27)25-11-5-6-12-26-13-10-17-14-21(29-2)22(30-3)15-18(17)16-26;3*1-3-4-2;/h8-9,14-15H,5-6,10-13,16H2,1-4H3,(H,25,27);3*1,3-4H2,2H3;. The molecule has 0 saturated carbocycles. The first-order chi connectivity index (χ1) is 21.4. The molecule has 2 aromatic carbocycles. The number of ether oxygens (including phenoxy) is 4. The number of nitrogens with one attached hydrogen (secondary N) is 1. The van der Waals surface area contributed by atoms with Crippen molar-refractivity contribution in [3.8, 4) is 23.0 Å². The Morgan fingerprint density at radius 2 is 1.34 bits per heavy atom. The van der Waals surface area contributed by atoms with Gasteiger partial charge in [-0.2, -0.15) is 0 Å². The monoisotopic (exact) mass is 718 g/mol. The summed E-state index contributed by atoms with van der Waals surface area (Å²) < 4.78 is 28.1. The van der Waals surface area contributed by atoms with Crippen molar-refractivity contribution in [3.05, 3.63) is 41.0 Å². The predicted molar refractivity (Wildman–Crippen MR) is 184 cm³/mol. The fraction of sp³-hybridized carbons (Fsp3) is 0.639. The van der Waals surface area contributed by atoms with E-state index in [2.05, 4.69) is 55.3 Å². The van der Waals surface area contributed by atoms with E-state index in [4.69, 9.17) is 18.9 Å². The van der Waals surface area contributed by atoms with Gasteiger partial charge in [-0.1, -0.05) is 0 Å². The third-order valence-electron chi connectivity index (χ3n) is 9.35. The van der Waals surface area contributed by atoms with Crippen molar-refractivity contribution in [2.45, 2.75) is 98.4 Å². The molecule has 1 heterocycles. The molecule has 1 aliphatic rings. The Kier molecular flexibility index (Phi) is 15.5. The molecule has 0 radical (unpaired) electrons. The Hall–Kier alpha value is -2.13. The van der Waals surface area contributed by atoms with Gasteiger partial charge in [0.15, 0.2) is 11.5 Å². The summed E-state index contributed by atoms with van der Waals surface area (Å²) in [5.74, 6) is 2.77. The molecule has 3 rings (SSSR count). The summed E-state index contributed by atoms with van der Waals surface area (Å²) in [6, 6.07) is 8.66. The van der Waals surface area contributed by atoms with Crippen molar-refractivity contribution in [1.29, 1.82) is 0 Å². The molecular weight excluding hydrogens is 659 g/mol. The fourth-order valence-corrected chi connectivity index (χ4v) is 22.7. The van der Waals surface area contributed by atoms with E-state index in [0.29, 0.717) is 23.6 Å². The van der Waals surface area contributed by atoms with Gasteiger partial charge >= 0.3 is 219 Å². The van der Waals surface area contributed by atoms with Crippen LogP contribution < -0.4 is 27.8 Å². The van der Waals surface area contributed by atoms with Gasteiger partial charge in [-0.15, -0.1) is 0 Å². The molecule has 8 heteroatoms. The molecule has 0 bridgehead atoms. The molecule has 0 aromatic heterocycles. The van der Waals surface area contributed by atoms with Crippen molar-refractivity contribution in [3.63, 3.8) is 0 Å². The van der Waals surface area contributed by atoms with Crippen molar-refractivity contribution >= 4 is 27.9 Å². The van der Waals surface area contributed by atoms with Crippen molar-refractivity contribution in [2.75, 3.05) is 48.1 Å². The van der Waals surface area contributed by atoms with E-state index >= 15 is 0 Å². The van der Waals surface area contributed by atoms with Gasteiger partial charge in [0.05, 0.1) is 14.2 Å². The number of hydrogen-bond acceptors (Lipinski definition) is 6. The maximum atomic E-state index is 13.7. The van der Waals surface area contributed by atoms with Gasteiger partial charge in [-0.25, -0.2) is 0 Å². The van der Waals surface area contributed by atoms with Gasteiger partial charge in [0.2, 0.25) is 0 Å². The molecule has 7 nitrogen and oxygen atoms in total. The quantitative estimate of drug-likeness (QED) is 0.114. The zero-order valence-electron chi connectivity index (χ0n) is 28.6. The molecule has 246 valence electrons. The van der Waals surface area contributed by atoms with Crippen LogP contribution in [0.5, 0.6) is 23.0 Å².